The second-order valence-corrected chi connectivity index (χ2v) is 3.80. The topological polar surface area (TPSA) is 41.5 Å². The van der Waals surface area contributed by atoms with Gasteiger partial charge in [0, 0.05) is 0 Å². The van der Waals surface area contributed by atoms with Gasteiger partial charge in [-0.05, 0) is 24.6 Å². The number of carbonyl (C=O) groups excluding carboxylic acids is 1. The van der Waals surface area contributed by atoms with Crippen LogP contribution in [0.5, 0.6) is 0 Å². The van der Waals surface area contributed by atoms with E-state index < -0.39 is 24.2 Å². The Labute approximate surface area is 95.4 Å². The maximum Gasteiger partial charge on any atom is 0.430 e. The first-order chi connectivity index (χ1) is 7.86. The Morgan fingerprint density at radius 1 is 1.35 bits per heavy atom. The molecule has 1 aliphatic heterocycles. The molecule has 1 aromatic carbocycles. The maximum atomic E-state index is 12.6. The number of anilines is 1. The van der Waals surface area contributed by atoms with Crippen LogP contribution in [0.1, 0.15) is 12.0 Å². The number of aliphatic imine (C=N–C) groups is 1. The van der Waals surface area contributed by atoms with Crippen LogP contribution in [-0.4, -0.2) is 17.8 Å². The molecule has 1 amide bonds. The number of hydrogen-bond donors (Lipinski definition) is 1. The molecule has 0 atom stereocenters. The van der Waals surface area contributed by atoms with Gasteiger partial charge in [-0.15, -0.1) is 0 Å². The molecule has 0 spiro atoms. The summed E-state index contributed by atoms with van der Waals surface area (Å²) in [6.45, 7) is 1.75. The third-order valence-corrected chi connectivity index (χ3v) is 2.34. The van der Waals surface area contributed by atoms with E-state index in [1.807, 2.05) is 0 Å². The average molecular weight is 242 g/mol. The van der Waals surface area contributed by atoms with Crippen molar-refractivity contribution in [2.24, 2.45) is 4.99 Å². The Kier molecular flexibility index (Phi) is 2.65. The maximum absolute atomic E-state index is 12.6. The molecule has 0 radical (unpaired) electrons. The standard InChI is InChI=1S/C11H9F3N2O/c1-6-2-3-7-8(4-6)15-9(11(12,13)14)5-10(17)16-7/h2-4H,5H2,1H3,(H,16,17). The van der Waals surface area contributed by atoms with Gasteiger partial charge in [0.2, 0.25) is 5.91 Å². The number of alkyl halides is 3. The Balaban J connectivity index is 2.55. The summed E-state index contributed by atoms with van der Waals surface area (Å²) in [5.74, 6) is -0.705. The minimum absolute atomic E-state index is 0.142. The Morgan fingerprint density at radius 2 is 2.06 bits per heavy atom. The van der Waals surface area contributed by atoms with Crippen LogP contribution >= 0.6 is 0 Å². The SMILES string of the molecule is Cc1ccc2c(c1)N=C(C(F)(F)F)CC(=O)N2. The minimum Gasteiger partial charge on any atom is -0.324 e. The number of carbonyl (C=O) groups is 1. The van der Waals surface area contributed by atoms with Crippen molar-refractivity contribution in [3.63, 3.8) is 0 Å². The van der Waals surface area contributed by atoms with Gasteiger partial charge in [-0.25, -0.2) is 4.99 Å². The summed E-state index contributed by atoms with van der Waals surface area (Å²) < 4.78 is 37.7. The quantitative estimate of drug-likeness (QED) is 0.746. The van der Waals surface area contributed by atoms with E-state index in [1.165, 1.54) is 6.07 Å². The van der Waals surface area contributed by atoms with Gasteiger partial charge in [0.1, 0.15) is 5.71 Å². The van der Waals surface area contributed by atoms with E-state index in [0.717, 1.165) is 5.56 Å². The Morgan fingerprint density at radius 3 is 2.71 bits per heavy atom. The van der Waals surface area contributed by atoms with Crippen molar-refractivity contribution in [3.8, 4) is 0 Å². The van der Waals surface area contributed by atoms with Gasteiger partial charge in [0.25, 0.3) is 0 Å². The largest absolute Gasteiger partial charge is 0.430 e. The molecule has 6 heteroatoms. The number of benzene rings is 1. The molecule has 1 heterocycles. The molecule has 0 fully saturated rings. The lowest BCUT2D eigenvalue weighted by Gasteiger charge is -2.06. The van der Waals surface area contributed by atoms with Gasteiger partial charge < -0.3 is 5.32 Å². The van der Waals surface area contributed by atoms with Crippen LogP contribution in [0, 0.1) is 6.92 Å². The normalized spacial score (nSPS) is 15.8. The van der Waals surface area contributed by atoms with Gasteiger partial charge in [0.05, 0.1) is 17.8 Å². The van der Waals surface area contributed by atoms with Gasteiger partial charge in [-0.3, -0.25) is 4.79 Å². The van der Waals surface area contributed by atoms with Crippen LogP contribution in [-0.2, 0) is 4.79 Å². The van der Waals surface area contributed by atoms with Crippen molar-refractivity contribution >= 4 is 23.0 Å². The summed E-state index contributed by atoms with van der Waals surface area (Å²) in [6, 6.07) is 4.76. The van der Waals surface area contributed by atoms with E-state index in [1.54, 1.807) is 19.1 Å². The summed E-state index contributed by atoms with van der Waals surface area (Å²) in [5.41, 5.74) is 0.160. The van der Waals surface area contributed by atoms with Crippen molar-refractivity contribution in [2.45, 2.75) is 19.5 Å². The van der Waals surface area contributed by atoms with E-state index in [-0.39, 0.29) is 5.69 Å². The van der Waals surface area contributed by atoms with Gasteiger partial charge in [0.15, 0.2) is 0 Å². The van der Waals surface area contributed by atoms with Crippen LogP contribution in [0.15, 0.2) is 23.2 Å². The molecule has 1 aromatic rings. The number of hydrogen-bond acceptors (Lipinski definition) is 2. The molecule has 1 aliphatic rings. The lowest BCUT2D eigenvalue weighted by Crippen LogP contribution is -2.26. The van der Waals surface area contributed by atoms with E-state index in [9.17, 15) is 18.0 Å². The predicted molar refractivity (Wildman–Crippen MR) is 57.6 cm³/mol. The Hall–Kier alpha value is -1.85. The molecule has 17 heavy (non-hydrogen) atoms. The van der Waals surface area contributed by atoms with Gasteiger partial charge in [-0.1, -0.05) is 6.07 Å². The zero-order valence-corrected chi connectivity index (χ0v) is 8.93. The first-order valence-electron chi connectivity index (χ1n) is 4.91. The highest BCUT2D eigenvalue weighted by Gasteiger charge is 2.38. The number of nitrogens with zero attached hydrogens (tertiary/aromatic N) is 1. The number of fused-ring (bicyclic) bond motifs is 1. The lowest BCUT2D eigenvalue weighted by atomic mass is 10.2. The van der Waals surface area contributed by atoms with Crippen LogP contribution in [0.3, 0.4) is 0 Å². The highest BCUT2D eigenvalue weighted by atomic mass is 19.4. The molecule has 0 saturated heterocycles. The zero-order valence-electron chi connectivity index (χ0n) is 8.93. The van der Waals surface area contributed by atoms with E-state index in [0.29, 0.717) is 5.69 Å². The second kappa shape index (κ2) is 3.87. The Bertz CT molecular complexity index is 506. The highest BCUT2D eigenvalue weighted by Crippen LogP contribution is 2.32. The smallest absolute Gasteiger partial charge is 0.324 e. The van der Waals surface area contributed by atoms with Crippen molar-refractivity contribution in [2.75, 3.05) is 5.32 Å². The first-order valence-corrected chi connectivity index (χ1v) is 4.91. The molecular formula is C11H9F3N2O. The molecule has 90 valence electrons. The van der Waals surface area contributed by atoms with Crippen LogP contribution in [0.4, 0.5) is 24.5 Å². The summed E-state index contributed by atoms with van der Waals surface area (Å²) in [7, 11) is 0. The molecule has 0 unspecified atom stereocenters. The van der Waals surface area contributed by atoms with Crippen LogP contribution in [0.2, 0.25) is 0 Å². The van der Waals surface area contributed by atoms with Crippen molar-refractivity contribution in [1.82, 2.24) is 0 Å². The molecule has 3 nitrogen and oxygen atoms in total. The fourth-order valence-electron chi connectivity index (χ4n) is 1.53. The monoisotopic (exact) mass is 242 g/mol. The number of amides is 1. The summed E-state index contributed by atoms with van der Waals surface area (Å²) in [6.07, 6.45) is -5.33. The molecular weight excluding hydrogens is 233 g/mol. The van der Waals surface area contributed by atoms with E-state index in [4.69, 9.17) is 0 Å². The molecule has 0 aromatic heterocycles. The number of halogens is 3. The van der Waals surface area contributed by atoms with Crippen LogP contribution in [0.25, 0.3) is 0 Å². The van der Waals surface area contributed by atoms with Gasteiger partial charge >= 0.3 is 6.18 Å². The van der Waals surface area contributed by atoms with Crippen molar-refractivity contribution in [1.29, 1.82) is 0 Å². The third-order valence-electron chi connectivity index (χ3n) is 2.34. The van der Waals surface area contributed by atoms with E-state index in [2.05, 4.69) is 10.3 Å². The van der Waals surface area contributed by atoms with Crippen molar-refractivity contribution < 1.29 is 18.0 Å². The average Bonchev–Trinajstić information content (AvgIpc) is 2.35. The molecule has 1 N–H and O–H groups in total. The molecule has 2 rings (SSSR count). The number of aryl methyl sites for hydroxylation is 1. The number of rotatable bonds is 0. The summed E-state index contributed by atoms with van der Waals surface area (Å²) >= 11 is 0. The predicted octanol–water partition coefficient (Wildman–Crippen LogP) is 2.97. The molecule has 0 bridgehead atoms. The minimum atomic E-state index is -4.58. The van der Waals surface area contributed by atoms with Crippen molar-refractivity contribution in [3.05, 3.63) is 23.8 Å². The molecule has 0 saturated carbocycles. The van der Waals surface area contributed by atoms with Crippen LogP contribution < -0.4 is 5.32 Å². The number of nitrogens with one attached hydrogen (secondary N) is 1. The first kappa shape index (κ1) is 11.6. The van der Waals surface area contributed by atoms with E-state index >= 15 is 0 Å². The second-order valence-electron chi connectivity index (χ2n) is 3.80. The zero-order chi connectivity index (χ0) is 12.6. The molecule has 0 aliphatic carbocycles. The third kappa shape index (κ3) is 2.46. The summed E-state index contributed by atoms with van der Waals surface area (Å²) in [4.78, 5) is 14.8. The fourth-order valence-corrected chi connectivity index (χ4v) is 1.53. The fraction of sp³-hybridized carbons (Fsp3) is 0.273. The highest BCUT2D eigenvalue weighted by molar-refractivity contribution is 6.12. The lowest BCUT2D eigenvalue weighted by molar-refractivity contribution is -0.116. The summed E-state index contributed by atoms with van der Waals surface area (Å²) in [5, 5.41) is 2.40. The van der Waals surface area contributed by atoms with Gasteiger partial charge in [-0.2, -0.15) is 13.2 Å².